The van der Waals surface area contributed by atoms with E-state index in [1.165, 1.54) is 0 Å². The fraction of sp³-hybridized carbons (Fsp3) is 0.258. The summed E-state index contributed by atoms with van der Waals surface area (Å²) in [6.07, 6.45) is -1.05. The molecule has 0 aliphatic carbocycles. The topological polar surface area (TPSA) is 96.5 Å². The highest BCUT2D eigenvalue weighted by Gasteiger charge is 2.23. The maximum absolute atomic E-state index is 13.2. The predicted octanol–water partition coefficient (Wildman–Crippen LogP) is 6.53. The largest absolute Gasteiger partial charge is 0.448 e. The second-order valence-corrected chi connectivity index (χ2v) is 10.4. The molecule has 8 nitrogen and oxygen atoms in total. The highest BCUT2D eigenvalue weighted by molar-refractivity contribution is 6.09. The number of aromatic nitrogens is 2. The summed E-state index contributed by atoms with van der Waals surface area (Å²) in [4.78, 5) is 34.7. The number of alkyl carbamates (subject to hydrolysis) is 1. The van der Waals surface area contributed by atoms with Crippen LogP contribution in [0.25, 0.3) is 32.6 Å². The predicted molar refractivity (Wildman–Crippen MR) is 152 cm³/mol. The van der Waals surface area contributed by atoms with Gasteiger partial charge in [0.2, 0.25) is 0 Å². The molecule has 5 aromatic rings. The second kappa shape index (κ2) is 11.0. The first kappa shape index (κ1) is 26.0. The lowest BCUT2D eigenvalue weighted by molar-refractivity contribution is 0.0191. The van der Waals surface area contributed by atoms with Crippen LogP contribution in [0, 0.1) is 0 Å². The van der Waals surface area contributed by atoms with Gasteiger partial charge in [0.1, 0.15) is 18.0 Å². The normalized spacial score (nSPS) is 11.6. The van der Waals surface area contributed by atoms with Crippen LogP contribution in [0.5, 0.6) is 0 Å². The van der Waals surface area contributed by atoms with E-state index in [4.69, 9.17) is 9.47 Å². The van der Waals surface area contributed by atoms with E-state index in [1.54, 1.807) is 4.90 Å². The molecule has 0 fully saturated rings. The molecule has 4 aromatic carbocycles. The van der Waals surface area contributed by atoms with Gasteiger partial charge in [-0.1, -0.05) is 60.7 Å². The third-order valence-corrected chi connectivity index (χ3v) is 6.30. The second-order valence-electron chi connectivity index (χ2n) is 10.4. The number of carbonyl (C=O) groups is 2. The van der Waals surface area contributed by atoms with Crippen molar-refractivity contribution < 1.29 is 19.1 Å². The molecule has 5 rings (SSSR count). The molecule has 0 aliphatic rings. The van der Waals surface area contributed by atoms with Crippen molar-refractivity contribution in [3.63, 3.8) is 0 Å². The first-order chi connectivity index (χ1) is 18.8. The van der Waals surface area contributed by atoms with Gasteiger partial charge in [-0.15, -0.1) is 0 Å². The zero-order valence-electron chi connectivity index (χ0n) is 22.4. The summed E-state index contributed by atoms with van der Waals surface area (Å²) in [7, 11) is 0. The number of ether oxygens (including phenoxy) is 2. The number of amides is 2. The van der Waals surface area contributed by atoms with Crippen molar-refractivity contribution >= 4 is 44.8 Å². The average molecular weight is 525 g/mol. The average Bonchev–Trinajstić information content (AvgIpc) is 3.33. The van der Waals surface area contributed by atoms with Gasteiger partial charge in [-0.2, -0.15) is 0 Å². The summed E-state index contributed by atoms with van der Waals surface area (Å²) in [5.74, 6) is 0.631. The Kier molecular flexibility index (Phi) is 7.36. The molecular weight excluding hydrogens is 492 g/mol. The zero-order valence-corrected chi connectivity index (χ0v) is 22.4. The van der Waals surface area contributed by atoms with E-state index < -0.39 is 17.8 Å². The number of imidazole rings is 1. The standard InChI is InChI=1S/C31H32N4O4/c1-31(2,3)39-30(37)35(16-17-38-29(36)32-19-28-33-26-14-8-9-15-27(26)34-28)20-22-18-21-10-4-5-11-23(21)25-13-7-6-12-24(22)25/h4-15,18H,16-17,19-20H2,1-3H3,(H,32,36)(H,33,34). The lowest BCUT2D eigenvalue weighted by Crippen LogP contribution is -2.39. The fourth-order valence-corrected chi connectivity index (χ4v) is 4.57. The summed E-state index contributed by atoms with van der Waals surface area (Å²) < 4.78 is 11.1. The van der Waals surface area contributed by atoms with Crippen molar-refractivity contribution in [2.45, 2.75) is 39.5 Å². The molecular formula is C31H32N4O4. The van der Waals surface area contributed by atoms with Gasteiger partial charge in [-0.3, -0.25) is 0 Å². The van der Waals surface area contributed by atoms with Gasteiger partial charge in [0.05, 0.1) is 24.1 Å². The molecule has 2 N–H and O–H groups in total. The first-order valence-electron chi connectivity index (χ1n) is 13.0. The molecule has 8 heteroatoms. The van der Waals surface area contributed by atoms with Crippen molar-refractivity contribution in [3.05, 3.63) is 90.3 Å². The number of para-hydroxylation sites is 2. The third kappa shape index (κ3) is 6.29. The molecule has 0 aliphatic heterocycles. The minimum absolute atomic E-state index is 0.0106. The summed E-state index contributed by atoms with van der Waals surface area (Å²) in [5, 5.41) is 7.14. The number of carbonyl (C=O) groups excluding carboxylic acids is 2. The van der Waals surface area contributed by atoms with Crippen LogP contribution < -0.4 is 5.32 Å². The smallest absolute Gasteiger partial charge is 0.410 e. The number of benzene rings is 4. The Bertz CT molecular complexity index is 1600. The summed E-state index contributed by atoms with van der Waals surface area (Å²) in [5.41, 5.74) is 2.06. The van der Waals surface area contributed by atoms with Crippen LogP contribution in [-0.4, -0.2) is 45.8 Å². The van der Waals surface area contributed by atoms with E-state index >= 15 is 0 Å². The number of rotatable bonds is 7. The first-order valence-corrected chi connectivity index (χ1v) is 13.0. The van der Waals surface area contributed by atoms with E-state index in [2.05, 4.69) is 45.6 Å². The molecule has 1 aromatic heterocycles. The minimum atomic E-state index is -0.661. The lowest BCUT2D eigenvalue weighted by atomic mass is 9.97. The van der Waals surface area contributed by atoms with E-state index in [-0.39, 0.29) is 19.7 Å². The molecule has 1 heterocycles. The number of hydrogen-bond donors (Lipinski definition) is 2. The van der Waals surface area contributed by atoms with Crippen LogP contribution in [0.1, 0.15) is 32.2 Å². The van der Waals surface area contributed by atoms with Gasteiger partial charge in [0, 0.05) is 6.54 Å². The van der Waals surface area contributed by atoms with E-state index in [0.717, 1.165) is 38.1 Å². The number of fused-ring (bicyclic) bond motifs is 4. The van der Waals surface area contributed by atoms with E-state index in [0.29, 0.717) is 12.4 Å². The Balaban J connectivity index is 1.28. The van der Waals surface area contributed by atoms with Gasteiger partial charge in [-0.25, -0.2) is 14.6 Å². The fourth-order valence-electron chi connectivity index (χ4n) is 4.57. The van der Waals surface area contributed by atoms with Gasteiger partial charge in [0.25, 0.3) is 0 Å². The van der Waals surface area contributed by atoms with E-state index in [1.807, 2.05) is 69.3 Å². The Morgan fingerprint density at radius 3 is 2.38 bits per heavy atom. The van der Waals surface area contributed by atoms with Crippen molar-refractivity contribution in [2.75, 3.05) is 13.2 Å². The maximum atomic E-state index is 13.2. The number of nitrogens with one attached hydrogen (secondary N) is 2. The molecule has 0 radical (unpaired) electrons. The van der Waals surface area contributed by atoms with Gasteiger partial charge >= 0.3 is 12.2 Å². The van der Waals surface area contributed by atoms with Gasteiger partial charge < -0.3 is 24.7 Å². The van der Waals surface area contributed by atoms with Crippen LogP contribution in [0.15, 0.2) is 78.9 Å². The van der Waals surface area contributed by atoms with Crippen molar-refractivity contribution in [3.8, 4) is 0 Å². The zero-order chi connectivity index (χ0) is 27.4. The molecule has 0 bridgehead atoms. The SMILES string of the molecule is CC(C)(C)OC(=O)N(CCOC(=O)NCc1nc2ccccc2[nH]1)Cc1cc2ccccc2c2ccccc12. The van der Waals surface area contributed by atoms with Crippen molar-refractivity contribution in [1.82, 2.24) is 20.2 Å². The highest BCUT2D eigenvalue weighted by Crippen LogP contribution is 2.29. The Labute approximate surface area is 226 Å². The number of hydrogen-bond acceptors (Lipinski definition) is 5. The summed E-state index contributed by atoms with van der Waals surface area (Å²) in [6.45, 7) is 6.19. The Hall–Kier alpha value is -4.59. The number of aromatic amines is 1. The Morgan fingerprint density at radius 2 is 1.62 bits per heavy atom. The van der Waals surface area contributed by atoms with Crippen LogP contribution in [0.2, 0.25) is 0 Å². The van der Waals surface area contributed by atoms with Crippen LogP contribution in [0.3, 0.4) is 0 Å². The van der Waals surface area contributed by atoms with Crippen LogP contribution in [-0.2, 0) is 22.6 Å². The molecule has 0 atom stereocenters. The summed E-state index contributed by atoms with van der Waals surface area (Å²) >= 11 is 0. The lowest BCUT2D eigenvalue weighted by Gasteiger charge is -2.28. The van der Waals surface area contributed by atoms with Crippen molar-refractivity contribution in [2.24, 2.45) is 0 Å². The van der Waals surface area contributed by atoms with E-state index in [9.17, 15) is 9.59 Å². The van der Waals surface area contributed by atoms with Gasteiger partial charge in [-0.05, 0) is 66.1 Å². The quantitative estimate of drug-likeness (QED) is 0.236. The molecule has 0 unspecified atom stereocenters. The molecule has 0 saturated carbocycles. The molecule has 200 valence electrons. The molecule has 2 amide bonds. The monoisotopic (exact) mass is 524 g/mol. The maximum Gasteiger partial charge on any atom is 0.410 e. The minimum Gasteiger partial charge on any atom is -0.448 e. The number of H-pyrrole nitrogens is 1. The molecule has 39 heavy (non-hydrogen) atoms. The third-order valence-electron chi connectivity index (χ3n) is 6.30. The van der Waals surface area contributed by atoms with Crippen molar-refractivity contribution in [1.29, 1.82) is 0 Å². The van der Waals surface area contributed by atoms with Crippen LogP contribution >= 0.6 is 0 Å². The van der Waals surface area contributed by atoms with Gasteiger partial charge in [0.15, 0.2) is 0 Å². The highest BCUT2D eigenvalue weighted by atomic mass is 16.6. The van der Waals surface area contributed by atoms with Crippen LogP contribution in [0.4, 0.5) is 9.59 Å². The number of nitrogens with zero attached hydrogens (tertiary/aromatic N) is 2. The Morgan fingerprint density at radius 1 is 0.923 bits per heavy atom. The summed E-state index contributed by atoms with van der Waals surface area (Å²) in [6, 6.07) is 26.1. The molecule has 0 saturated heterocycles. The molecule has 0 spiro atoms.